The van der Waals surface area contributed by atoms with Gasteiger partial charge in [0, 0.05) is 27.1 Å². The minimum atomic E-state index is -4.72. The molecular formula is C17H14F3IN2O. The largest absolute Gasteiger partial charge is 0.573 e. The topological polar surface area (TPSA) is 24.8 Å². The number of benzene rings is 2. The maximum absolute atomic E-state index is 12.5. The summed E-state index contributed by atoms with van der Waals surface area (Å²) in [5, 5.41) is 0. The first-order valence-corrected chi connectivity index (χ1v) is 8.31. The third kappa shape index (κ3) is 3.35. The maximum Gasteiger partial charge on any atom is 0.573 e. The van der Waals surface area contributed by atoms with Crippen LogP contribution in [0.25, 0.3) is 0 Å². The molecule has 0 saturated heterocycles. The zero-order chi connectivity index (χ0) is 17.5. The molecule has 3 rings (SSSR count). The monoisotopic (exact) mass is 446 g/mol. The Balaban J connectivity index is 2.09. The highest BCUT2D eigenvalue weighted by molar-refractivity contribution is 14.1. The van der Waals surface area contributed by atoms with Gasteiger partial charge in [-0.25, -0.2) is 0 Å². The summed E-state index contributed by atoms with van der Waals surface area (Å²) in [7, 11) is 0. The number of alkyl halides is 3. The van der Waals surface area contributed by atoms with Crippen LogP contribution in [0.2, 0.25) is 0 Å². The summed E-state index contributed by atoms with van der Waals surface area (Å²) in [6.45, 7) is 3.90. The van der Waals surface area contributed by atoms with Crippen molar-refractivity contribution in [2.45, 2.75) is 26.4 Å². The van der Waals surface area contributed by atoms with E-state index in [9.17, 15) is 13.2 Å². The molecule has 0 aliphatic carbocycles. The van der Waals surface area contributed by atoms with Gasteiger partial charge in [-0.2, -0.15) is 0 Å². The van der Waals surface area contributed by atoms with Crippen molar-refractivity contribution in [2.75, 3.05) is 4.90 Å². The van der Waals surface area contributed by atoms with Gasteiger partial charge in [0.25, 0.3) is 0 Å². The van der Waals surface area contributed by atoms with Crippen LogP contribution in [0.4, 0.5) is 24.5 Å². The van der Waals surface area contributed by atoms with E-state index in [1.807, 2.05) is 30.9 Å². The summed E-state index contributed by atoms with van der Waals surface area (Å²) in [6.07, 6.45) is -3.14. The summed E-state index contributed by atoms with van der Waals surface area (Å²) in [5.41, 5.74) is 3.59. The fourth-order valence-corrected chi connectivity index (χ4v) is 3.40. The molecule has 0 saturated carbocycles. The first-order chi connectivity index (χ1) is 11.3. The van der Waals surface area contributed by atoms with E-state index >= 15 is 0 Å². The standard InChI is InChI=1S/C17H14F3IN2O/c1-10-6-7-12-9-22-11(2)23(16(12)15(10)21)13-4-3-5-14(8-13)24-17(18,19)20/h3-9,11H,1-2H3. The van der Waals surface area contributed by atoms with Gasteiger partial charge in [-0.15, -0.1) is 13.2 Å². The normalized spacial score (nSPS) is 16.9. The van der Waals surface area contributed by atoms with Crippen LogP contribution in [-0.2, 0) is 0 Å². The van der Waals surface area contributed by atoms with E-state index in [0.717, 1.165) is 20.4 Å². The number of hydrogen-bond donors (Lipinski definition) is 0. The first-order valence-electron chi connectivity index (χ1n) is 7.23. The van der Waals surface area contributed by atoms with Crippen molar-refractivity contribution < 1.29 is 17.9 Å². The number of halogens is 4. The zero-order valence-corrected chi connectivity index (χ0v) is 15.1. The van der Waals surface area contributed by atoms with Gasteiger partial charge in [-0.3, -0.25) is 4.99 Å². The van der Waals surface area contributed by atoms with Crippen LogP contribution in [0.3, 0.4) is 0 Å². The lowest BCUT2D eigenvalue weighted by molar-refractivity contribution is -0.274. The van der Waals surface area contributed by atoms with Crippen molar-refractivity contribution in [3.63, 3.8) is 0 Å². The molecule has 0 aromatic heterocycles. The smallest absolute Gasteiger partial charge is 0.406 e. The van der Waals surface area contributed by atoms with Gasteiger partial charge < -0.3 is 9.64 Å². The van der Waals surface area contributed by atoms with E-state index < -0.39 is 6.36 Å². The lowest BCUT2D eigenvalue weighted by atomic mass is 10.1. The second-order valence-electron chi connectivity index (χ2n) is 5.46. The molecule has 0 fully saturated rings. The molecule has 0 N–H and O–H groups in total. The summed E-state index contributed by atoms with van der Waals surface area (Å²) in [5.74, 6) is -0.244. The molecule has 2 aromatic carbocycles. The lowest BCUT2D eigenvalue weighted by Crippen LogP contribution is -2.31. The Morgan fingerprint density at radius 2 is 1.96 bits per heavy atom. The van der Waals surface area contributed by atoms with Gasteiger partial charge in [0.2, 0.25) is 0 Å². The molecule has 24 heavy (non-hydrogen) atoms. The molecule has 0 bridgehead atoms. The second-order valence-corrected chi connectivity index (χ2v) is 6.54. The second kappa shape index (κ2) is 6.27. The Labute approximate surface area is 151 Å². The third-order valence-electron chi connectivity index (χ3n) is 3.71. The number of fused-ring (bicyclic) bond motifs is 1. The minimum Gasteiger partial charge on any atom is -0.406 e. The molecule has 1 aliphatic heterocycles. The highest BCUT2D eigenvalue weighted by Gasteiger charge is 2.32. The van der Waals surface area contributed by atoms with Crippen LogP contribution in [0.5, 0.6) is 5.75 Å². The van der Waals surface area contributed by atoms with Gasteiger partial charge in [0.05, 0.1) is 5.69 Å². The molecule has 126 valence electrons. The third-order valence-corrected chi connectivity index (χ3v) is 5.08. The molecule has 0 spiro atoms. The van der Waals surface area contributed by atoms with Gasteiger partial charge >= 0.3 is 6.36 Å². The molecule has 3 nitrogen and oxygen atoms in total. The zero-order valence-electron chi connectivity index (χ0n) is 12.9. The molecule has 1 aliphatic rings. The number of aliphatic imine (C=N–C) groups is 1. The van der Waals surface area contributed by atoms with Crippen LogP contribution in [0.1, 0.15) is 18.1 Å². The van der Waals surface area contributed by atoms with Crippen molar-refractivity contribution in [3.8, 4) is 5.75 Å². The van der Waals surface area contributed by atoms with Gasteiger partial charge in [0.15, 0.2) is 0 Å². The molecule has 1 heterocycles. The van der Waals surface area contributed by atoms with Gasteiger partial charge in [0.1, 0.15) is 11.9 Å². The molecule has 1 atom stereocenters. The number of rotatable bonds is 2. The van der Waals surface area contributed by atoms with E-state index in [1.54, 1.807) is 18.3 Å². The Morgan fingerprint density at radius 3 is 2.67 bits per heavy atom. The average molecular weight is 446 g/mol. The summed E-state index contributed by atoms with van der Waals surface area (Å²) >= 11 is 2.26. The van der Waals surface area contributed by atoms with E-state index in [4.69, 9.17) is 0 Å². The summed E-state index contributed by atoms with van der Waals surface area (Å²) in [6, 6.07) is 9.94. The number of nitrogens with zero attached hydrogens (tertiary/aromatic N) is 2. The molecule has 7 heteroatoms. The van der Waals surface area contributed by atoms with Crippen LogP contribution in [0, 0.1) is 10.5 Å². The number of ether oxygens (including phenoxy) is 1. The average Bonchev–Trinajstić information content (AvgIpc) is 2.50. The SMILES string of the molecule is Cc1ccc2c(c1I)N(c1cccc(OC(F)(F)F)c1)C(C)N=C2. The molecule has 0 radical (unpaired) electrons. The molecule has 1 unspecified atom stereocenters. The quantitative estimate of drug-likeness (QED) is 0.577. The van der Waals surface area contributed by atoms with Crippen molar-refractivity contribution >= 4 is 40.2 Å². The fourth-order valence-electron chi connectivity index (χ4n) is 2.65. The Kier molecular flexibility index (Phi) is 4.46. The van der Waals surface area contributed by atoms with Crippen molar-refractivity contribution in [1.82, 2.24) is 0 Å². The molecular weight excluding hydrogens is 432 g/mol. The van der Waals surface area contributed by atoms with E-state index in [1.165, 1.54) is 12.1 Å². The summed E-state index contributed by atoms with van der Waals surface area (Å²) in [4.78, 5) is 6.36. The van der Waals surface area contributed by atoms with Gasteiger partial charge in [-0.1, -0.05) is 18.2 Å². The van der Waals surface area contributed by atoms with Crippen LogP contribution in [-0.4, -0.2) is 18.7 Å². The highest BCUT2D eigenvalue weighted by atomic mass is 127. The van der Waals surface area contributed by atoms with Crippen LogP contribution in [0.15, 0.2) is 41.4 Å². The predicted molar refractivity (Wildman–Crippen MR) is 96.2 cm³/mol. The Morgan fingerprint density at radius 1 is 1.21 bits per heavy atom. The Hall–Kier alpha value is -1.77. The van der Waals surface area contributed by atoms with Crippen molar-refractivity contribution in [3.05, 3.63) is 51.1 Å². The van der Waals surface area contributed by atoms with Crippen molar-refractivity contribution in [2.24, 2.45) is 4.99 Å². The van der Waals surface area contributed by atoms with Crippen LogP contribution < -0.4 is 9.64 Å². The fraction of sp³-hybridized carbons (Fsp3) is 0.235. The van der Waals surface area contributed by atoms with Crippen molar-refractivity contribution in [1.29, 1.82) is 0 Å². The molecule has 0 amide bonds. The first kappa shape index (κ1) is 17.1. The molecule has 2 aromatic rings. The Bertz CT molecular complexity index is 805. The van der Waals surface area contributed by atoms with E-state index in [-0.39, 0.29) is 11.9 Å². The van der Waals surface area contributed by atoms with Crippen LogP contribution >= 0.6 is 22.6 Å². The number of hydrogen-bond acceptors (Lipinski definition) is 3. The maximum atomic E-state index is 12.5. The highest BCUT2D eigenvalue weighted by Crippen LogP contribution is 2.39. The van der Waals surface area contributed by atoms with E-state index in [2.05, 4.69) is 32.3 Å². The minimum absolute atomic E-state index is 0.228. The predicted octanol–water partition coefficient (Wildman–Crippen LogP) is 5.41. The number of aryl methyl sites for hydroxylation is 1. The number of anilines is 2. The van der Waals surface area contributed by atoms with Gasteiger partial charge in [-0.05, 0) is 54.1 Å². The lowest BCUT2D eigenvalue weighted by Gasteiger charge is -2.34. The van der Waals surface area contributed by atoms with E-state index in [0.29, 0.717) is 5.69 Å². The summed E-state index contributed by atoms with van der Waals surface area (Å²) < 4.78 is 42.6.